The van der Waals surface area contributed by atoms with E-state index in [0.29, 0.717) is 17.7 Å². The first-order valence-electron chi connectivity index (χ1n) is 8.36. The maximum Gasteiger partial charge on any atom is 0.261 e. The van der Waals surface area contributed by atoms with Crippen molar-refractivity contribution in [2.75, 3.05) is 13.6 Å². The Hall–Kier alpha value is -3.06. The zero-order valence-corrected chi connectivity index (χ0v) is 14.7. The fourth-order valence-corrected chi connectivity index (χ4v) is 2.70. The van der Waals surface area contributed by atoms with Crippen molar-refractivity contribution in [2.24, 2.45) is 0 Å². The lowest BCUT2D eigenvalue weighted by Crippen LogP contribution is -2.37. The third-order valence-electron chi connectivity index (χ3n) is 4.38. The molecule has 1 aliphatic rings. The third-order valence-corrected chi connectivity index (χ3v) is 4.38. The minimum absolute atomic E-state index is 0.132. The fraction of sp³-hybridized carbons (Fsp3) is 0.263. The summed E-state index contributed by atoms with van der Waals surface area (Å²) in [6.45, 7) is 2.59. The van der Waals surface area contributed by atoms with Gasteiger partial charge >= 0.3 is 0 Å². The van der Waals surface area contributed by atoms with E-state index in [4.69, 9.17) is 0 Å². The molecule has 1 aliphatic heterocycles. The monoisotopic (exact) mass is 352 g/mol. The van der Waals surface area contributed by atoms with Crippen molar-refractivity contribution >= 4 is 17.7 Å². The van der Waals surface area contributed by atoms with Crippen LogP contribution in [0.4, 0.5) is 0 Å². The minimum atomic E-state index is -0.389. The fourth-order valence-electron chi connectivity index (χ4n) is 2.70. The van der Waals surface area contributed by atoms with Crippen LogP contribution in [0.3, 0.4) is 0 Å². The highest BCUT2D eigenvalue weighted by Crippen LogP contribution is 2.25. The highest BCUT2D eigenvalue weighted by Gasteiger charge is 2.35. The van der Waals surface area contributed by atoms with Crippen LogP contribution in [-0.2, 0) is 6.54 Å². The lowest BCUT2D eigenvalue weighted by atomic mass is 10.1. The number of hydrogen-bond acceptors (Lipinski definition) is 5. The first-order chi connectivity index (χ1) is 12.5. The SMILES string of the molecule is CNC(C)CNC(=O)c1ccc2c(c1)C(=O)N(Cc1ccncc1)C2=O. The van der Waals surface area contributed by atoms with Crippen molar-refractivity contribution in [3.8, 4) is 0 Å². The molecule has 1 aromatic carbocycles. The van der Waals surface area contributed by atoms with Gasteiger partial charge in [0.15, 0.2) is 0 Å². The third kappa shape index (κ3) is 3.48. The second kappa shape index (κ2) is 7.45. The van der Waals surface area contributed by atoms with Crippen LogP contribution in [0.1, 0.15) is 43.6 Å². The van der Waals surface area contributed by atoms with Gasteiger partial charge in [0.1, 0.15) is 0 Å². The number of carbonyl (C=O) groups excluding carboxylic acids is 3. The molecule has 1 aromatic heterocycles. The van der Waals surface area contributed by atoms with Crippen LogP contribution in [-0.4, -0.2) is 47.2 Å². The second-order valence-electron chi connectivity index (χ2n) is 6.21. The highest BCUT2D eigenvalue weighted by atomic mass is 16.2. The average Bonchev–Trinajstić information content (AvgIpc) is 2.91. The summed E-state index contributed by atoms with van der Waals surface area (Å²) in [5, 5.41) is 5.83. The van der Waals surface area contributed by atoms with E-state index in [1.807, 2.05) is 14.0 Å². The van der Waals surface area contributed by atoms with E-state index >= 15 is 0 Å². The van der Waals surface area contributed by atoms with Gasteiger partial charge in [0, 0.05) is 30.5 Å². The Balaban J connectivity index is 1.78. The standard InChI is InChI=1S/C19H20N4O3/c1-12(20-2)10-22-17(24)14-3-4-15-16(9-14)19(26)23(18(15)25)11-13-5-7-21-8-6-13/h3-9,12,20H,10-11H2,1-2H3,(H,22,24). The van der Waals surface area contributed by atoms with E-state index in [9.17, 15) is 14.4 Å². The number of nitrogens with zero attached hydrogens (tertiary/aromatic N) is 2. The topological polar surface area (TPSA) is 91.4 Å². The van der Waals surface area contributed by atoms with Crippen molar-refractivity contribution in [1.29, 1.82) is 0 Å². The summed E-state index contributed by atoms with van der Waals surface area (Å²) in [7, 11) is 1.81. The van der Waals surface area contributed by atoms with Gasteiger partial charge in [0.25, 0.3) is 17.7 Å². The molecule has 2 aromatic rings. The van der Waals surface area contributed by atoms with Crippen LogP contribution in [0.25, 0.3) is 0 Å². The maximum atomic E-state index is 12.6. The molecule has 2 heterocycles. The molecule has 0 radical (unpaired) electrons. The van der Waals surface area contributed by atoms with E-state index in [1.54, 1.807) is 36.7 Å². The van der Waals surface area contributed by atoms with E-state index in [0.717, 1.165) is 5.56 Å². The lowest BCUT2D eigenvalue weighted by molar-refractivity contribution is 0.0642. The van der Waals surface area contributed by atoms with Crippen LogP contribution in [0, 0.1) is 0 Å². The Morgan fingerprint density at radius 1 is 1.12 bits per heavy atom. The average molecular weight is 352 g/mol. The Kier molecular flexibility index (Phi) is 5.09. The van der Waals surface area contributed by atoms with Crippen molar-refractivity contribution in [1.82, 2.24) is 20.5 Å². The number of benzene rings is 1. The zero-order chi connectivity index (χ0) is 18.7. The van der Waals surface area contributed by atoms with Gasteiger partial charge in [-0.05, 0) is 49.9 Å². The molecule has 1 unspecified atom stereocenters. The first-order valence-corrected chi connectivity index (χ1v) is 8.36. The number of rotatable bonds is 6. The molecule has 1 atom stereocenters. The number of likely N-dealkylation sites (N-methyl/N-ethyl adjacent to an activating group) is 1. The molecule has 0 saturated heterocycles. The number of carbonyl (C=O) groups is 3. The van der Waals surface area contributed by atoms with Gasteiger partial charge in [0.05, 0.1) is 17.7 Å². The van der Waals surface area contributed by atoms with Crippen molar-refractivity contribution in [3.05, 3.63) is 65.0 Å². The molecule has 0 fully saturated rings. The number of hydrogen-bond donors (Lipinski definition) is 2. The van der Waals surface area contributed by atoms with Gasteiger partial charge in [-0.2, -0.15) is 0 Å². The normalized spacial score (nSPS) is 14.3. The van der Waals surface area contributed by atoms with Gasteiger partial charge in [-0.1, -0.05) is 0 Å². The molecule has 26 heavy (non-hydrogen) atoms. The Bertz CT molecular complexity index is 851. The van der Waals surface area contributed by atoms with Gasteiger partial charge < -0.3 is 10.6 Å². The van der Waals surface area contributed by atoms with E-state index in [-0.39, 0.29) is 35.9 Å². The predicted octanol–water partition coefficient (Wildman–Crippen LogP) is 1.22. The van der Waals surface area contributed by atoms with Crippen molar-refractivity contribution in [3.63, 3.8) is 0 Å². The summed E-state index contributed by atoms with van der Waals surface area (Å²) < 4.78 is 0. The molecule has 0 bridgehead atoms. The Morgan fingerprint density at radius 2 is 1.81 bits per heavy atom. The molecule has 0 saturated carbocycles. The van der Waals surface area contributed by atoms with E-state index in [2.05, 4.69) is 15.6 Å². The van der Waals surface area contributed by atoms with Crippen LogP contribution in [0.5, 0.6) is 0 Å². The van der Waals surface area contributed by atoms with Crippen molar-refractivity contribution < 1.29 is 14.4 Å². The smallest absolute Gasteiger partial charge is 0.261 e. The molecule has 2 N–H and O–H groups in total. The van der Waals surface area contributed by atoms with Crippen LogP contribution >= 0.6 is 0 Å². The largest absolute Gasteiger partial charge is 0.350 e. The van der Waals surface area contributed by atoms with Gasteiger partial charge in [-0.15, -0.1) is 0 Å². The number of fused-ring (bicyclic) bond motifs is 1. The summed E-state index contributed by atoms with van der Waals surface area (Å²) in [4.78, 5) is 42.6. The Labute approximate surface area is 151 Å². The number of nitrogens with one attached hydrogen (secondary N) is 2. The van der Waals surface area contributed by atoms with E-state index < -0.39 is 0 Å². The summed E-state index contributed by atoms with van der Waals surface area (Å²) in [6.07, 6.45) is 3.23. The quantitative estimate of drug-likeness (QED) is 0.763. The molecule has 0 aliphatic carbocycles. The maximum absolute atomic E-state index is 12.6. The first kappa shape index (κ1) is 17.8. The molecule has 7 heteroatoms. The van der Waals surface area contributed by atoms with Crippen LogP contribution in [0.2, 0.25) is 0 Å². The summed E-state index contributed by atoms with van der Waals surface area (Å²) >= 11 is 0. The Morgan fingerprint density at radius 3 is 2.50 bits per heavy atom. The van der Waals surface area contributed by atoms with Crippen molar-refractivity contribution in [2.45, 2.75) is 19.5 Å². The predicted molar refractivity (Wildman–Crippen MR) is 95.7 cm³/mol. The second-order valence-corrected chi connectivity index (χ2v) is 6.21. The summed E-state index contributed by atoms with van der Waals surface area (Å²) in [5.41, 5.74) is 1.76. The zero-order valence-electron chi connectivity index (χ0n) is 14.7. The van der Waals surface area contributed by atoms with E-state index in [1.165, 1.54) is 11.0 Å². The summed E-state index contributed by atoms with van der Waals surface area (Å²) in [6, 6.07) is 8.24. The van der Waals surface area contributed by atoms with Gasteiger partial charge in [-0.25, -0.2) is 0 Å². The molecular weight excluding hydrogens is 332 g/mol. The molecule has 3 rings (SSSR count). The van der Waals surface area contributed by atoms with Crippen LogP contribution < -0.4 is 10.6 Å². The minimum Gasteiger partial charge on any atom is -0.350 e. The molecule has 0 spiro atoms. The molecule has 7 nitrogen and oxygen atoms in total. The molecule has 3 amide bonds. The number of amides is 3. The molecule has 134 valence electrons. The highest BCUT2D eigenvalue weighted by molar-refractivity contribution is 6.22. The van der Waals surface area contributed by atoms with Crippen LogP contribution in [0.15, 0.2) is 42.7 Å². The van der Waals surface area contributed by atoms with Gasteiger partial charge in [0.2, 0.25) is 0 Å². The van der Waals surface area contributed by atoms with Gasteiger partial charge in [-0.3, -0.25) is 24.3 Å². The lowest BCUT2D eigenvalue weighted by Gasteiger charge is -2.13. The molecular formula is C19H20N4O3. The summed E-state index contributed by atoms with van der Waals surface area (Å²) in [5.74, 6) is -1.01. The number of imide groups is 1. The number of pyridine rings is 1. The number of aromatic nitrogens is 1.